The lowest BCUT2D eigenvalue weighted by Gasteiger charge is -2.27. The summed E-state index contributed by atoms with van der Waals surface area (Å²) in [7, 11) is 0. The second kappa shape index (κ2) is 10.8. The third-order valence-electron chi connectivity index (χ3n) is 5.39. The van der Waals surface area contributed by atoms with Crippen molar-refractivity contribution in [2.75, 3.05) is 6.54 Å². The summed E-state index contributed by atoms with van der Waals surface area (Å²) in [4.78, 5) is 31.5. The van der Waals surface area contributed by atoms with Crippen LogP contribution in [0.25, 0.3) is 11.0 Å². The number of rotatable bonds is 10. The zero-order valence-corrected chi connectivity index (χ0v) is 18.7. The highest BCUT2D eigenvalue weighted by molar-refractivity contribution is 5.81. The Bertz CT molecular complexity index is 1010. The second-order valence-electron chi connectivity index (χ2n) is 8.01. The van der Waals surface area contributed by atoms with Crippen molar-refractivity contribution < 1.29 is 9.59 Å². The molecule has 1 aromatic heterocycles. The van der Waals surface area contributed by atoms with Crippen molar-refractivity contribution in [3.8, 4) is 0 Å². The number of carbonyl (C=O) groups excluding carboxylic acids is 2. The lowest BCUT2D eigenvalue weighted by molar-refractivity contribution is -0.134. The molecule has 0 aliphatic heterocycles. The van der Waals surface area contributed by atoms with E-state index in [2.05, 4.69) is 5.32 Å². The molecule has 2 aromatic carbocycles. The molecule has 0 spiro atoms. The number of hydrogen-bond donors (Lipinski definition) is 1. The predicted molar refractivity (Wildman–Crippen MR) is 123 cm³/mol. The molecule has 2 amide bonds. The van der Waals surface area contributed by atoms with Gasteiger partial charge in [0, 0.05) is 32.0 Å². The van der Waals surface area contributed by atoms with Crippen LogP contribution in [-0.4, -0.2) is 38.9 Å². The fraction of sp³-hybridized carbons (Fsp3) is 0.400. The number of nitrogens with zero attached hydrogens (tertiary/aromatic N) is 3. The molecule has 31 heavy (non-hydrogen) atoms. The van der Waals surface area contributed by atoms with Crippen LogP contribution in [0.4, 0.5) is 0 Å². The van der Waals surface area contributed by atoms with Crippen molar-refractivity contribution in [3.05, 3.63) is 66.0 Å². The van der Waals surface area contributed by atoms with Crippen molar-refractivity contribution in [3.63, 3.8) is 0 Å². The largest absolute Gasteiger partial charge is 0.356 e. The maximum atomic E-state index is 13.3. The number of aryl methyl sites for hydroxylation is 1. The lowest BCUT2D eigenvalue weighted by atomic mass is 10.2. The van der Waals surface area contributed by atoms with Crippen molar-refractivity contribution in [1.29, 1.82) is 0 Å². The number of nitrogens with one attached hydrogen (secondary N) is 1. The summed E-state index contributed by atoms with van der Waals surface area (Å²) in [6, 6.07) is 18.1. The van der Waals surface area contributed by atoms with Gasteiger partial charge in [-0.15, -0.1) is 0 Å². The van der Waals surface area contributed by atoms with Gasteiger partial charge >= 0.3 is 0 Å². The lowest BCUT2D eigenvalue weighted by Crippen LogP contribution is -2.38. The minimum atomic E-state index is 0.0529. The summed E-state index contributed by atoms with van der Waals surface area (Å²) >= 11 is 0. The molecular formula is C25H32N4O2. The van der Waals surface area contributed by atoms with Crippen LogP contribution in [0.1, 0.15) is 45.0 Å². The fourth-order valence-corrected chi connectivity index (χ4v) is 3.66. The molecule has 3 rings (SSSR count). The van der Waals surface area contributed by atoms with Gasteiger partial charge in [0.05, 0.1) is 11.0 Å². The highest BCUT2D eigenvalue weighted by Gasteiger charge is 2.20. The topological polar surface area (TPSA) is 67.2 Å². The first-order chi connectivity index (χ1) is 15.0. The first-order valence-electron chi connectivity index (χ1n) is 11.0. The van der Waals surface area contributed by atoms with E-state index in [9.17, 15) is 9.59 Å². The molecule has 6 heteroatoms. The molecule has 0 radical (unpaired) electrons. The molecule has 0 bridgehead atoms. The number of aromatic nitrogens is 2. The zero-order chi connectivity index (χ0) is 22.2. The van der Waals surface area contributed by atoms with E-state index in [1.165, 1.54) is 0 Å². The summed E-state index contributed by atoms with van der Waals surface area (Å²) in [6.07, 6.45) is 1.97. The molecule has 0 aliphatic rings. The van der Waals surface area contributed by atoms with E-state index in [1.807, 2.05) is 84.8 Å². The molecule has 1 N–H and O–H groups in total. The van der Waals surface area contributed by atoms with Crippen LogP contribution in [0.5, 0.6) is 0 Å². The summed E-state index contributed by atoms with van der Waals surface area (Å²) in [6.45, 7) is 7.38. The van der Waals surface area contributed by atoms with Crippen LogP contribution in [0, 0.1) is 0 Å². The maximum Gasteiger partial charge on any atom is 0.243 e. The number of amides is 2. The van der Waals surface area contributed by atoms with Crippen LogP contribution >= 0.6 is 0 Å². The first kappa shape index (κ1) is 22.5. The van der Waals surface area contributed by atoms with E-state index in [-0.39, 0.29) is 24.4 Å². The first-order valence-corrected chi connectivity index (χ1v) is 11.0. The average molecular weight is 421 g/mol. The van der Waals surface area contributed by atoms with Gasteiger partial charge in [0.25, 0.3) is 0 Å². The minimum absolute atomic E-state index is 0.0529. The molecule has 0 atom stereocenters. The molecule has 1 heterocycles. The summed E-state index contributed by atoms with van der Waals surface area (Å²) in [5, 5.41) is 2.91. The van der Waals surface area contributed by atoms with Crippen LogP contribution in [0.15, 0.2) is 54.6 Å². The Balaban J connectivity index is 1.78. The Kier molecular flexibility index (Phi) is 7.82. The van der Waals surface area contributed by atoms with E-state index in [1.54, 1.807) is 0 Å². The van der Waals surface area contributed by atoms with Gasteiger partial charge < -0.3 is 14.8 Å². The van der Waals surface area contributed by atoms with E-state index in [4.69, 9.17) is 4.98 Å². The van der Waals surface area contributed by atoms with E-state index in [0.717, 1.165) is 28.8 Å². The van der Waals surface area contributed by atoms with Gasteiger partial charge in [-0.2, -0.15) is 0 Å². The zero-order valence-electron chi connectivity index (χ0n) is 18.7. The monoisotopic (exact) mass is 420 g/mol. The van der Waals surface area contributed by atoms with Crippen LogP contribution in [0.2, 0.25) is 0 Å². The second-order valence-corrected chi connectivity index (χ2v) is 8.01. The minimum Gasteiger partial charge on any atom is -0.356 e. The average Bonchev–Trinajstić information content (AvgIpc) is 3.12. The Labute approximate surface area is 184 Å². The summed E-state index contributed by atoms with van der Waals surface area (Å²) in [5.74, 6) is 1.00. The highest BCUT2D eigenvalue weighted by Crippen LogP contribution is 2.18. The van der Waals surface area contributed by atoms with Crippen molar-refractivity contribution in [2.24, 2.45) is 0 Å². The molecule has 0 saturated heterocycles. The number of benzene rings is 2. The summed E-state index contributed by atoms with van der Waals surface area (Å²) in [5.41, 5.74) is 2.97. The van der Waals surface area contributed by atoms with E-state index >= 15 is 0 Å². The van der Waals surface area contributed by atoms with Gasteiger partial charge in [-0.05, 0) is 38.0 Å². The van der Waals surface area contributed by atoms with Crippen LogP contribution in [-0.2, 0) is 29.1 Å². The Hall–Kier alpha value is -3.15. The molecule has 3 aromatic rings. The Morgan fingerprint density at radius 1 is 1.06 bits per heavy atom. The SMILES string of the molecule is CCC(=O)NCCCc1nc2ccccc2n1CC(=O)N(Cc1ccccc1)C(C)C. The molecular weight excluding hydrogens is 388 g/mol. The van der Waals surface area contributed by atoms with Gasteiger partial charge in [0.15, 0.2) is 0 Å². The number of para-hydroxylation sites is 2. The van der Waals surface area contributed by atoms with Crippen molar-refractivity contribution in [1.82, 2.24) is 19.8 Å². The third-order valence-corrected chi connectivity index (χ3v) is 5.39. The highest BCUT2D eigenvalue weighted by atomic mass is 16.2. The van der Waals surface area contributed by atoms with Gasteiger partial charge in [0.2, 0.25) is 11.8 Å². The smallest absolute Gasteiger partial charge is 0.243 e. The van der Waals surface area contributed by atoms with Gasteiger partial charge in [-0.1, -0.05) is 49.4 Å². The standard InChI is InChI=1S/C25H32N4O2/c1-4-24(30)26-16-10-15-23-27-21-13-8-9-14-22(21)29(23)18-25(31)28(19(2)3)17-20-11-6-5-7-12-20/h5-9,11-14,19H,4,10,15-18H2,1-3H3,(H,26,30). The predicted octanol–water partition coefficient (Wildman–Crippen LogP) is 3.93. The molecule has 0 unspecified atom stereocenters. The van der Waals surface area contributed by atoms with Gasteiger partial charge in [-0.3, -0.25) is 9.59 Å². The van der Waals surface area contributed by atoms with Gasteiger partial charge in [0.1, 0.15) is 12.4 Å². The normalized spacial score (nSPS) is 11.1. The quantitative estimate of drug-likeness (QED) is 0.505. The van der Waals surface area contributed by atoms with E-state index in [0.29, 0.717) is 25.9 Å². The number of imidazole rings is 1. The summed E-state index contributed by atoms with van der Waals surface area (Å²) < 4.78 is 2.03. The molecule has 0 saturated carbocycles. The Morgan fingerprint density at radius 3 is 2.48 bits per heavy atom. The van der Waals surface area contributed by atoms with Gasteiger partial charge in [-0.25, -0.2) is 4.98 Å². The Morgan fingerprint density at radius 2 is 1.77 bits per heavy atom. The van der Waals surface area contributed by atoms with E-state index < -0.39 is 0 Å². The van der Waals surface area contributed by atoms with Crippen LogP contribution in [0.3, 0.4) is 0 Å². The maximum absolute atomic E-state index is 13.3. The number of hydrogen-bond acceptors (Lipinski definition) is 3. The van der Waals surface area contributed by atoms with Crippen LogP contribution < -0.4 is 5.32 Å². The molecule has 0 fully saturated rings. The molecule has 6 nitrogen and oxygen atoms in total. The third kappa shape index (κ3) is 5.94. The van der Waals surface area contributed by atoms with Crippen molar-refractivity contribution >= 4 is 22.8 Å². The molecule has 0 aliphatic carbocycles. The fourth-order valence-electron chi connectivity index (χ4n) is 3.66. The number of fused-ring (bicyclic) bond motifs is 1. The van der Waals surface area contributed by atoms with Crippen molar-refractivity contribution in [2.45, 2.75) is 59.2 Å². The molecule has 164 valence electrons. The number of carbonyl (C=O) groups is 2.